The van der Waals surface area contributed by atoms with Gasteiger partial charge in [0.25, 0.3) is 0 Å². The number of aliphatic imine (C=N–C) groups is 1. The van der Waals surface area contributed by atoms with Gasteiger partial charge in [-0.2, -0.15) is 0 Å². The number of amidine groups is 1. The largest absolute Gasteiger partial charge is 0.497 e. The topological polar surface area (TPSA) is 71.4 Å². The zero-order valence-corrected chi connectivity index (χ0v) is 25.7. The number of hydrogen-bond donors (Lipinski definition) is 0. The molecule has 1 saturated heterocycles. The van der Waals surface area contributed by atoms with Crippen LogP contribution in [0.25, 0.3) is 0 Å². The van der Waals surface area contributed by atoms with E-state index in [-0.39, 0.29) is 23.8 Å². The molecule has 9 heteroatoms. The minimum absolute atomic E-state index is 0.0257. The highest BCUT2D eigenvalue weighted by atomic mass is 35.5. The van der Waals surface area contributed by atoms with Gasteiger partial charge in [0, 0.05) is 35.1 Å². The summed E-state index contributed by atoms with van der Waals surface area (Å²) in [7, 11) is 1.61. The van der Waals surface area contributed by atoms with Crippen LogP contribution in [0.2, 0.25) is 10.0 Å². The van der Waals surface area contributed by atoms with Crippen molar-refractivity contribution in [2.45, 2.75) is 51.8 Å². The van der Waals surface area contributed by atoms with Crippen LogP contribution in [0.3, 0.4) is 0 Å². The van der Waals surface area contributed by atoms with E-state index in [1.54, 1.807) is 18.9 Å². The van der Waals surface area contributed by atoms with Gasteiger partial charge in [-0.25, -0.2) is 4.79 Å². The summed E-state index contributed by atoms with van der Waals surface area (Å²) in [5.74, 6) is 1.86. The lowest BCUT2D eigenvalue weighted by Gasteiger charge is -2.37. The summed E-state index contributed by atoms with van der Waals surface area (Å²) < 4.78 is 11.7. The number of carbonyl (C=O) groups excluding carboxylic acids is 2. The number of benzene rings is 3. The van der Waals surface area contributed by atoms with Crippen molar-refractivity contribution in [1.29, 1.82) is 0 Å². The number of nitrogens with zero attached hydrogens (tertiary/aromatic N) is 3. The zero-order valence-electron chi connectivity index (χ0n) is 24.2. The number of carbonyl (C=O) groups is 2. The van der Waals surface area contributed by atoms with Gasteiger partial charge in [-0.15, -0.1) is 0 Å². The monoisotopic (exact) mass is 607 g/mol. The van der Waals surface area contributed by atoms with E-state index >= 15 is 0 Å². The van der Waals surface area contributed by atoms with Gasteiger partial charge in [-0.05, 0) is 81.1 Å². The van der Waals surface area contributed by atoms with Crippen molar-refractivity contribution < 1.29 is 19.1 Å². The second kappa shape index (κ2) is 12.8. The van der Waals surface area contributed by atoms with Crippen molar-refractivity contribution in [3.05, 3.63) is 93.5 Å². The average Bonchev–Trinajstić information content (AvgIpc) is 3.37. The third-order valence-electron chi connectivity index (χ3n) is 7.83. The highest BCUT2D eigenvalue weighted by Crippen LogP contribution is 2.46. The number of piperidine rings is 1. The number of hydrogen-bond acceptors (Lipinski definition) is 5. The molecule has 220 valence electrons. The highest BCUT2D eigenvalue weighted by Gasteiger charge is 2.45. The number of methoxy groups -OCH3 is 1. The van der Waals surface area contributed by atoms with Crippen molar-refractivity contribution in [3.8, 4) is 11.5 Å². The Labute approximate surface area is 257 Å². The first-order valence-corrected chi connectivity index (χ1v) is 14.9. The summed E-state index contributed by atoms with van der Waals surface area (Å²) in [6, 6.07) is 19.6. The van der Waals surface area contributed by atoms with Crippen molar-refractivity contribution in [2.75, 3.05) is 20.2 Å². The quantitative estimate of drug-likeness (QED) is 0.275. The first-order valence-electron chi connectivity index (χ1n) is 14.2. The number of ether oxygens (including phenoxy) is 2. The molecule has 0 N–H and O–H groups in total. The number of ketones is 1. The summed E-state index contributed by atoms with van der Waals surface area (Å²) in [5.41, 5.74) is 2.50. The van der Waals surface area contributed by atoms with Gasteiger partial charge in [0.1, 0.15) is 29.2 Å². The fourth-order valence-corrected chi connectivity index (χ4v) is 5.90. The molecule has 0 aromatic heterocycles. The summed E-state index contributed by atoms with van der Waals surface area (Å²) in [5, 5.41) is 1.22. The smallest absolute Gasteiger partial charge is 0.326 e. The summed E-state index contributed by atoms with van der Waals surface area (Å²) in [6.07, 6.45) is 1.15. The van der Waals surface area contributed by atoms with Gasteiger partial charge in [-0.1, -0.05) is 47.5 Å². The second-order valence-corrected chi connectivity index (χ2v) is 11.9. The molecule has 0 aliphatic carbocycles. The van der Waals surface area contributed by atoms with Crippen molar-refractivity contribution in [3.63, 3.8) is 0 Å². The predicted molar refractivity (Wildman–Crippen MR) is 166 cm³/mol. The van der Waals surface area contributed by atoms with Gasteiger partial charge >= 0.3 is 6.03 Å². The Morgan fingerprint density at radius 3 is 2.05 bits per heavy atom. The van der Waals surface area contributed by atoms with E-state index in [2.05, 4.69) is 0 Å². The van der Waals surface area contributed by atoms with Crippen LogP contribution in [0.1, 0.15) is 62.4 Å². The fraction of sp³-hybridized carbons (Fsp3) is 0.364. The Bertz CT molecular complexity index is 1470. The number of amides is 2. The molecule has 2 amide bonds. The van der Waals surface area contributed by atoms with Crippen molar-refractivity contribution in [1.82, 2.24) is 9.80 Å². The fourth-order valence-electron chi connectivity index (χ4n) is 5.65. The summed E-state index contributed by atoms with van der Waals surface area (Å²) in [6.45, 7) is 6.51. The minimum atomic E-state index is -0.467. The molecule has 0 bridgehead atoms. The molecule has 0 unspecified atom stereocenters. The van der Waals surface area contributed by atoms with Gasteiger partial charge in [0.2, 0.25) is 0 Å². The van der Waals surface area contributed by atoms with Crippen molar-refractivity contribution >= 4 is 40.9 Å². The Kier molecular flexibility index (Phi) is 9.09. The average molecular weight is 609 g/mol. The molecule has 2 atom stereocenters. The van der Waals surface area contributed by atoms with E-state index < -0.39 is 12.1 Å². The molecule has 2 aliphatic rings. The third-order valence-corrected chi connectivity index (χ3v) is 8.33. The molecular formula is C33H35Cl2N3O4. The van der Waals surface area contributed by atoms with Gasteiger partial charge in [0.15, 0.2) is 0 Å². The number of halogens is 2. The lowest BCUT2D eigenvalue weighted by atomic mass is 9.92. The van der Waals surface area contributed by atoms with Crippen LogP contribution in [-0.4, -0.2) is 53.8 Å². The van der Waals surface area contributed by atoms with Crippen LogP contribution in [-0.2, 0) is 4.79 Å². The second-order valence-electron chi connectivity index (χ2n) is 11.0. The number of Topliss-reactive ketones (excluding diaryl/α,β-unsaturated/α-hetero) is 1. The first kappa shape index (κ1) is 29.9. The minimum Gasteiger partial charge on any atom is -0.497 e. The van der Waals surface area contributed by atoms with Gasteiger partial charge in [-0.3, -0.25) is 14.7 Å². The van der Waals surface area contributed by atoms with Gasteiger partial charge in [0.05, 0.1) is 24.8 Å². The number of urea groups is 1. The summed E-state index contributed by atoms with van der Waals surface area (Å²) >= 11 is 12.5. The molecule has 2 heterocycles. The summed E-state index contributed by atoms with van der Waals surface area (Å²) in [4.78, 5) is 35.5. The molecule has 7 nitrogen and oxygen atoms in total. The molecule has 2 aliphatic heterocycles. The van der Waals surface area contributed by atoms with E-state index in [1.165, 1.54) is 0 Å². The Morgan fingerprint density at radius 2 is 1.50 bits per heavy atom. The standard InChI is InChI=1S/C33H35Cl2N3O4/c1-20(2)42-29-19-27(41-4)13-14-28(29)32-36-30(23-5-9-25(34)10-6-23)31(24-7-11-26(35)12-8-24)38(32)33(40)37-17-15-22(16-18-37)21(3)39/h5-14,19-20,22,30-31H,15-18H2,1-4H3/t30-,31+/m0/s1. The molecule has 3 aromatic carbocycles. The lowest BCUT2D eigenvalue weighted by molar-refractivity contribution is -0.121. The third kappa shape index (κ3) is 6.27. The Hall–Kier alpha value is -3.55. The van der Waals surface area contributed by atoms with E-state index in [4.69, 9.17) is 37.7 Å². The predicted octanol–water partition coefficient (Wildman–Crippen LogP) is 7.76. The number of rotatable bonds is 7. The molecule has 0 spiro atoms. The maximum atomic E-state index is 14.6. The van der Waals surface area contributed by atoms with Crippen LogP contribution >= 0.6 is 23.2 Å². The highest BCUT2D eigenvalue weighted by molar-refractivity contribution is 6.30. The molecule has 5 rings (SSSR count). The molecular weight excluding hydrogens is 573 g/mol. The van der Waals surface area contributed by atoms with E-state index in [9.17, 15) is 9.59 Å². The first-order chi connectivity index (χ1) is 20.2. The Morgan fingerprint density at radius 1 is 0.905 bits per heavy atom. The van der Waals surface area contributed by atoms with E-state index in [1.807, 2.05) is 85.5 Å². The number of likely N-dealkylation sites (tertiary alicyclic amines) is 1. The molecule has 0 radical (unpaired) electrons. The molecule has 1 fully saturated rings. The van der Waals surface area contributed by atoms with Crippen molar-refractivity contribution in [2.24, 2.45) is 10.9 Å². The van der Waals surface area contributed by atoms with Crippen LogP contribution in [0.15, 0.2) is 71.7 Å². The lowest BCUT2D eigenvalue weighted by Crippen LogP contribution is -2.49. The van der Waals surface area contributed by atoms with Crippen LogP contribution < -0.4 is 9.47 Å². The van der Waals surface area contributed by atoms with Gasteiger partial charge < -0.3 is 14.4 Å². The Balaban J connectivity index is 1.66. The molecule has 3 aromatic rings. The van der Waals surface area contributed by atoms with E-state index in [0.717, 1.165) is 11.1 Å². The van der Waals surface area contributed by atoms with E-state index in [0.29, 0.717) is 58.9 Å². The SMILES string of the molecule is COc1ccc(C2=N[C@@H](c3ccc(Cl)cc3)[C@@H](c3ccc(Cl)cc3)N2C(=O)N2CCC(C(C)=O)CC2)c(OC(C)C)c1. The maximum Gasteiger partial charge on any atom is 0.326 e. The normalized spacial score (nSPS) is 19.2. The molecule has 42 heavy (non-hydrogen) atoms. The maximum absolute atomic E-state index is 14.6. The zero-order chi connectivity index (χ0) is 30.0. The van der Waals surface area contributed by atoms with Crippen LogP contribution in [0, 0.1) is 5.92 Å². The van der Waals surface area contributed by atoms with Crippen LogP contribution in [0.5, 0.6) is 11.5 Å². The molecule has 0 saturated carbocycles. The van der Waals surface area contributed by atoms with Crippen LogP contribution in [0.4, 0.5) is 4.79 Å².